The smallest absolute Gasteiger partial charge is 0.195 e. The Bertz CT molecular complexity index is 335. The molecule has 0 N–H and O–H groups in total. The molecule has 0 aromatic carbocycles. The van der Waals surface area contributed by atoms with Crippen molar-refractivity contribution in [3.8, 4) is 0 Å². The molecule has 0 radical (unpaired) electrons. The zero-order chi connectivity index (χ0) is 12.3. The van der Waals surface area contributed by atoms with Gasteiger partial charge in [-0.15, -0.1) is 11.6 Å². The Balaban J connectivity index is 2.12. The lowest BCUT2D eigenvalue weighted by Crippen LogP contribution is -2.47. The summed E-state index contributed by atoms with van der Waals surface area (Å²) in [6.45, 7) is 1.80. The Labute approximate surface area is 109 Å². The van der Waals surface area contributed by atoms with Gasteiger partial charge in [0.05, 0.1) is 0 Å². The van der Waals surface area contributed by atoms with Crippen molar-refractivity contribution in [1.29, 1.82) is 0 Å². The standard InChI is InChI=1S/C11H21ClN2O2S/c12-7-10-14(11-5-1-2-6-11)17(15,16)13-8-3-4-9-13/h11H,1-10H2. The lowest BCUT2D eigenvalue weighted by Gasteiger charge is -2.31. The molecule has 2 rings (SSSR count). The van der Waals surface area contributed by atoms with Crippen molar-refractivity contribution in [3.63, 3.8) is 0 Å². The first-order valence-electron chi connectivity index (χ1n) is 6.49. The van der Waals surface area contributed by atoms with E-state index in [1.165, 1.54) is 0 Å². The molecule has 1 aliphatic carbocycles. The highest BCUT2D eigenvalue weighted by Gasteiger charge is 2.36. The van der Waals surface area contributed by atoms with Gasteiger partial charge in [0.2, 0.25) is 0 Å². The monoisotopic (exact) mass is 280 g/mol. The summed E-state index contributed by atoms with van der Waals surface area (Å²) in [5.74, 6) is 0.379. The van der Waals surface area contributed by atoms with Crippen LogP contribution in [0.5, 0.6) is 0 Å². The summed E-state index contributed by atoms with van der Waals surface area (Å²) in [5.41, 5.74) is 0. The lowest BCUT2D eigenvalue weighted by molar-refractivity contribution is 0.306. The third-order valence-corrected chi connectivity index (χ3v) is 5.98. The Morgan fingerprint density at radius 1 is 1.12 bits per heavy atom. The minimum absolute atomic E-state index is 0.180. The summed E-state index contributed by atoms with van der Waals surface area (Å²) in [7, 11) is -3.26. The van der Waals surface area contributed by atoms with E-state index in [1.54, 1.807) is 8.61 Å². The number of halogens is 1. The molecular weight excluding hydrogens is 260 g/mol. The molecule has 6 heteroatoms. The molecule has 1 saturated heterocycles. The molecule has 0 atom stereocenters. The number of hydrogen-bond donors (Lipinski definition) is 0. The van der Waals surface area contributed by atoms with Crippen molar-refractivity contribution in [2.75, 3.05) is 25.5 Å². The molecule has 0 spiro atoms. The van der Waals surface area contributed by atoms with Gasteiger partial charge in [-0.05, 0) is 25.7 Å². The van der Waals surface area contributed by atoms with E-state index in [2.05, 4.69) is 0 Å². The Hall–Kier alpha value is 0.160. The van der Waals surface area contributed by atoms with Gasteiger partial charge in [-0.2, -0.15) is 17.0 Å². The molecule has 0 amide bonds. The molecule has 2 fully saturated rings. The average molecular weight is 281 g/mol. The fourth-order valence-electron chi connectivity index (χ4n) is 2.83. The number of hydrogen-bond acceptors (Lipinski definition) is 2. The molecule has 0 aromatic heterocycles. The van der Waals surface area contributed by atoms with Gasteiger partial charge in [0.15, 0.2) is 0 Å². The van der Waals surface area contributed by atoms with Gasteiger partial charge in [0.1, 0.15) is 0 Å². The SMILES string of the molecule is O=S(=O)(N1CCCC1)N(CCCl)C1CCCC1. The van der Waals surface area contributed by atoms with Gasteiger partial charge >= 0.3 is 0 Å². The van der Waals surface area contributed by atoms with E-state index < -0.39 is 10.2 Å². The van der Waals surface area contributed by atoms with Crippen LogP contribution in [0.25, 0.3) is 0 Å². The molecule has 0 bridgehead atoms. The van der Waals surface area contributed by atoms with Gasteiger partial charge in [0, 0.05) is 31.6 Å². The van der Waals surface area contributed by atoms with E-state index in [0.29, 0.717) is 25.5 Å². The van der Waals surface area contributed by atoms with Crippen LogP contribution in [0, 0.1) is 0 Å². The predicted molar refractivity (Wildman–Crippen MR) is 69.4 cm³/mol. The first kappa shape index (κ1) is 13.6. The zero-order valence-corrected chi connectivity index (χ0v) is 11.7. The average Bonchev–Trinajstić information content (AvgIpc) is 2.97. The second kappa shape index (κ2) is 5.87. The van der Waals surface area contributed by atoms with Crippen LogP contribution in [0.4, 0.5) is 0 Å². The first-order chi connectivity index (χ1) is 8.16. The second-order valence-electron chi connectivity index (χ2n) is 4.85. The minimum Gasteiger partial charge on any atom is -0.195 e. The largest absolute Gasteiger partial charge is 0.282 e. The normalized spacial score (nSPS) is 23.9. The van der Waals surface area contributed by atoms with Crippen molar-refractivity contribution < 1.29 is 8.42 Å². The van der Waals surface area contributed by atoms with Crippen molar-refractivity contribution in [2.24, 2.45) is 0 Å². The minimum atomic E-state index is -3.26. The molecule has 1 saturated carbocycles. The highest BCUT2D eigenvalue weighted by molar-refractivity contribution is 7.86. The van der Waals surface area contributed by atoms with Gasteiger partial charge < -0.3 is 0 Å². The highest BCUT2D eigenvalue weighted by Crippen LogP contribution is 2.28. The lowest BCUT2D eigenvalue weighted by atomic mass is 10.2. The summed E-state index contributed by atoms with van der Waals surface area (Å²) in [6, 6.07) is 0.180. The first-order valence-corrected chi connectivity index (χ1v) is 8.42. The molecule has 100 valence electrons. The van der Waals surface area contributed by atoms with E-state index in [4.69, 9.17) is 11.6 Å². The summed E-state index contributed by atoms with van der Waals surface area (Å²) >= 11 is 5.76. The van der Waals surface area contributed by atoms with Crippen molar-refractivity contribution in [3.05, 3.63) is 0 Å². The van der Waals surface area contributed by atoms with Crippen LogP contribution in [0.15, 0.2) is 0 Å². The Morgan fingerprint density at radius 2 is 1.71 bits per heavy atom. The molecule has 2 aliphatic rings. The maximum atomic E-state index is 12.5. The molecule has 0 aromatic rings. The van der Waals surface area contributed by atoms with Crippen molar-refractivity contribution in [1.82, 2.24) is 8.61 Å². The predicted octanol–water partition coefficient (Wildman–Crippen LogP) is 1.81. The Kier molecular flexibility index (Phi) is 4.69. The van der Waals surface area contributed by atoms with Crippen LogP contribution in [0.2, 0.25) is 0 Å². The maximum absolute atomic E-state index is 12.5. The van der Waals surface area contributed by atoms with Gasteiger partial charge in [-0.25, -0.2) is 0 Å². The van der Waals surface area contributed by atoms with Crippen LogP contribution < -0.4 is 0 Å². The fraction of sp³-hybridized carbons (Fsp3) is 1.00. The summed E-state index contributed by atoms with van der Waals surface area (Å²) < 4.78 is 28.3. The quantitative estimate of drug-likeness (QED) is 0.721. The molecule has 0 unspecified atom stereocenters. The topological polar surface area (TPSA) is 40.6 Å². The molecule has 1 aliphatic heterocycles. The van der Waals surface area contributed by atoms with Crippen LogP contribution in [-0.2, 0) is 10.2 Å². The van der Waals surface area contributed by atoms with Crippen molar-refractivity contribution in [2.45, 2.75) is 44.6 Å². The number of alkyl halides is 1. The number of rotatable bonds is 5. The summed E-state index contributed by atoms with van der Waals surface area (Å²) in [5, 5.41) is 0. The number of nitrogens with zero attached hydrogens (tertiary/aromatic N) is 2. The molecule has 17 heavy (non-hydrogen) atoms. The van der Waals surface area contributed by atoms with E-state index in [-0.39, 0.29) is 6.04 Å². The summed E-state index contributed by atoms with van der Waals surface area (Å²) in [6.07, 6.45) is 6.23. The molecule has 1 heterocycles. The van der Waals surface area contributed by atoms with Crippen LogP contribution >= 0.6 is 11.6 Å². The van der Waals surface area contributed by atoms with E-state index in [0.717, 1.165) is 38.5 Å². The van der Waals surface area contributed by atoms with E-state index in [1.807, 2.05) is 0 Å². The van der Waals surface area contributed by atoms with Gasteiger partial charge in [-0.3, -0.25) is 0 Å². The van der Waals surface area contributed by atoms with Crippen LogP contribution in [0.1, 0.15) is 38.5 Å². The summed E-state index contributed by atoms with van der Waals surface area (Å²) in [4.78, 5) is 0. The van der Waals surface area contributed by atoms with Crippen LogP contribution in [-0.4, -0.2) is 48.6 Å². The van der Waals surface area contributed by atoms with Crippen molar-refractivity contribution >= 4 is 21.8 Å². The highest BCUT2D eigenvalue weighted by atomic mass is 35.5. The fourth-order valence-corrected chi connectivity index (χ4v) is 5.04. The molecule has 4 nitrogen and oxygen atoms in total. The van der Waals surface area contributed by atoms with Gasteiger partial charge in [0.25, 0.3) is 10.2 Å². The third kappa shape index (κ3) is 2.95. The second-order valence-corrected chi connectivity index (χ2v) is 7.11. The van der Waals surface area contributed by atoms with Crippen LogP contribution in [0.3, 0.4) is 0 Å². The molecular formula is C11H21ClN2O2S. The van der Waals surface area contributed by atoms with E-state index >= 15 is 0 Å². The van der Waals surface area contributed by atoms with E-state index in [9.17, 15) is 8.42 Å². The zero-order valence-electron chi connectivity index (χ0n) is 10.1. The third-order valence-electron chi connectivity index (χ3n) is 3.72. The maximum Gasteiger partial charge on any atom is 0.282 e. The Morgan fingerprint density at radius 3 is 2.24 bits per heavy atom. The van der Waals surface area contributed by atoms with Gasteiger partial charge in [-0.1, -0.05) is 12.8 Å².